The average Bonchev–Trinajstić information content (AvgIpc) is 2.83. The number of hydrogen-bond acceptors (Lipinski definition) is 8. The number of benzene rings is 1. The van der Waals surface area contributed by atoms with E-state index in [9.17, 15) is 17.2 Å². The van der Waals surface area contributed by atoms with Gasteiger partial charge < -0.3 is 15.8 Å². The molecule has 2 heterocycles. The SMILES string of the molecule is CCCS(=O)(=O)Nc1cc(F)c(Oc2ncccc2-c2ccnc(N[C@H]3CC[C@H](N)CC3)n2)c(F)c1. The molecule has 4 N–H and O–H groups in total. The lowest BCUT2D eigenvalue weighted by Gasteiger charge is -2.26. The smallest absolute Gasteiger partial charge is 0.232 e. The van der Waals surface area contributed by atoms with Gasteiger partial charge in [-0.1, -0.05) is 6.92 Å². The molecule has 0 spiro atoms. The third kappa shape index (κ3) is 6.43. The van der Waals surface area contributed by atoms with Gasteiger partial charge in [-0.15, -0.1) is 0 Å². The summed E-state index contributed by atoms with van der Waals surface area (Å²) in [5, 5.41) is 3.32. The second kappa shape index (κ2) is 11.1. The van der Waals surface area contributed by atoms with Crippen LogP contribution >= 0.6 is 0 Å². The summed E-state index contributed by atoms with van der Waals surface area (Å²) in [4.78, 5) is 12.9. The van der Waals surface area contributed by atoms with Gasteiger partial charge in [-0.2, -0.15) is 0 Å². The summed E-state index contributed by atoms with van der Waals surface area (Å²) in [5.41, 5.74) is 6.60. The molecule has 0 radical (unpaired) electrons. The van der Waals surface area contributed by atoms with Crippen LogP contribution in [0.4, 0.5) is 20.4 Å². The summed E-state index contributed by atoms with van der Waals surface area (Å²) >= 11 is 0. The maximum Gasteiger partial charge on any atom is 0.232 e. The fourth-order valence-electron chi connectivity index (χ4n) is 4.00. The lowest BCUT2D eigenvalue weighted by Crippen LogP contribution is -2.33. The second-order valence-electron chi connectivity index (χ2n) is 8.67. The van der Waals surface area contributed by atoms with Crippen molar-refractivity contribution in [2.24, 2.45) is 5.73 Å². The number of rotatable bonds is 9. The molecule has 0 aliphatic heterocycles. The van der Waals surface area contributed by atoms with Crippen LogP contribution in [0.1, 0.15) is 39.0 Å². The van der Waals surface area contributed by atoms with Crippen molar-refractivity contribution in [3.63, 3.8) is 0 Å². The van der Waals surface area contributed by atoms with Crippen LogP contribution in [-0.2, 0) is 10.0 Å². The Morgan fingerprint density at radius 1 is 1.08 bits per heavy atom. The molecule has 0 bridgehead atoms. The lowest BCUT2D eigenvalue weighted by atomic mass is 9.92. The first kappa shape index (κ1) is 25.7. The normalized spacial score (nSPS) is 18.0. The molecule has 0 atom stereocenters. The predicted molar refractivity (Wildman–Crippen MR) is 133 cm³/mol. The van der Waals surface area contributed by atoms with Gasteiger partial charge in [0.05, 0.1) is 22.7 Å². The number of ether oxygens (including phenoxy) is 1. The van der Waals surface area contributed by atoms with Crippen LogP contribution in [0, 0.1) is 11.6 Å². The average molecular weight is 519 g/mol. The van der Waals surface area contributed by atoms with Gasteiger partial charge in [-0.3, -0.25) is 4.72 Å². The first-order chi connectivity index (χ1) is 17.2. The molecular formula is C24H28F2N6O3S. The molecule has 1 aliphatic rings. The molecular weight excluding hydrogens is 490 g/mol. The van der Waals surface area contributed by atoms with Gasteiger partial charge in [0.1, 0.15) is 0 Å². The molecule has 9 nitrogen and oxygen atoms in total. The van der Waals surface area contributed by atoms with E-state index in [0.29, 0.717) is 23.6 Å². The molecule has 12 heteroatoms. The van der Waals surface area contributed by atoms with Gasteiger partial charge in [0.2, 0.25) is 27.6 Å². The van der Waals surface area contributed by atoms with E-state index >= 15 is 0 Å². The van der Waals surface area contributed by atoms with Crippen LogP contribution in [0.15, 0.2) is 42.7 Å². The monoisotopic (exact) mass is 518 g/mol. The standard InChI is InChI=1S/C24H28F2N6O3S/c1-2-12-36(33,34)32-17-13-19(25)22(20(26)14-17)35-23-18(4-3-10-28-23)21-9-11-29-24(31-21)30-16-7-5-15(27)6-8-16/h3-4,9-11,13-16,32H,2,5-8,12,27H2,1H3,(H,29,30,31)/t15-,16-. The molecule has 0 saturated heterocycles. The number of hydrogen-bond donors (Lipinski definition) is 3. The topological polar surface area (TPSA) is 132 Å². The third-order valence-corrected chi connectivity index (χ3v) is 7.24. The molecule has 192 valence electrons. The minimum atomic E-state index is -3.71. The van der Waals surface area contributed by atoms with E-state index in [1.54, 1.807) is 31.3 Å². The number of nitrogens with zero attached hydrogens (tertiary/aromatic N) is 3. The van der Waals surface area contributed by atoms with Crippen molar-refractivity contribution >= 4 is 21.7 Å². The highest BCUT2D eigenvalue weighted by Gasteiger charge is 2.21. The van der Waals surface area contributed by atoms with Crippen molar-refractivity contribution in [2.75, 3.05) is 15.8 Å². The minimum absolute atomic E-state index is 0.0668. The first-order valence-electron chi connectivity index (χ1n) is 11.7. The summed E-state index contributed by atoms with van der Waals surface area (Å²) < 4.78 is 61.1. The van der Waals surface area contributed by atoms with Gasteiger partial charge in [0.25, 0.3) is 0 Å². The van der Waals surface area contributed by atoms with Gasteiger partial charge in [-0.25, -0.2) is 32.2 Å². The van der Waals surface area contributed by atoms with E-state index < -0.39 is 27.4 Å². The van der Waals surface area contributed by atoms with E-state index in [1.165, 1.54) is 6.20 Å². The molecule has 1 fully saturated rings. The number of halogens is 2. The van der Waals surface area contributed by atoms with Crippen molar-refractivity contribution in [1.29, 1.82) is 0 Å². The van der Waals surface area contributed by atoms with Crippen molar-refractivity contribution in [2.45, 2.75) is 51.1 Å². The van der Waals surface area contributed by atoms with Crippen LogP contribution in [0.5, 0.6) is 11.6 Å². The fraction of sp³-hybridized carbons (Fsp3) is 0.375. The Morgan fingerprint density at radius 2 is 1.81 bits per heavy atom. The quantitative estimate of drug-likeness (QED) is 0.379. The first-order valence-corrected chi connectivity index (χ1v) is 13.4. The zero-order valence-electron chi connectivity index (χ0n) is 19.7. The highest BCUT2D eigenvalue weighted by molar-refractivity contribution is 7.92. The Morgan fingerprint density at radius 3 is 2.50 bits per heavy atom. The Kier molecular flexibility index (Phi) is 7.94. The molecule has 0 amide bonds. The highest BCUT2D eigenvalue weighted by Crippen LogP contribution is 2.34. The van der Waals surface area contributed by atoms with Gasteiger partial charge in [0, 0.05) is 36.6 Å². The maximum absolute atomic E-state index is 14.8. The van der Waals surface area contributed by atoms with Crippen LogP contribution in [-0.4, -0.2) is 41.2 Å². The number of aromatic nitrogens is 3. The van der Waals surface area contributed by atoms with Crippen molar-refractivity contribution < 1.29 is 21.9 Å². The van der Waals surface area contributed by atoms with Crippen LogP contribution in [0.3, 0.4) is 0 Å². The summed E-state index contributed by atoms with van der Waals surface area (Å²) in [7, 11) is -3.71. The van der Waals surface area contributed by atoms with Crippen LogP contribution in [0.2, 0.25) is 0 Å². The lowest BCUT2D eigenvalue weighted by molar-refractivity contribution is 0.397. The molecule has 36 heavy (non-hydrogen) atoms. The van der Waals surface area contributed by atoms with Crippen molar-refractivity contribution in [3.8, 4) is 22.9 Å². The number of nitrogens with two attached hydrogens (primary N) is 1. The van der Waals surface area contributed by atoms with E-state index in [4.69, 9.17) is 10.5 Å². The molecule has 1 aliphatic carbocycles. The van der Waals surface area contributed by atoms with E-state index in [2.05, 4.69) is 25.0 Å². The van der Waals surface area contributed by atoms with E-state index in [-0.39, 0.29) is 29.4 Å². The number of nitrogens with one attached hydrogen (secondary N) is 2. The number of anilines is 2. The maximum atomic E-state index is 14.8. The Hall–Kier alpha value is -3.38. The number of pyridine rings is 1. The summed E-state index contributed by atoms with van der Waals surface area (Å²) in [6.45, 7) is 1.68. The molecule has 1 saturated carbocycles. The van der Waals surface area contributed by atoms with Crippen LogP contribution in [0.25, 0.3) is 11.3 Å². The Bertz CT molecular complexity index is 1290. The highest BCUT2D eigenvalue weighted by atomic mass is 32.2. The predicted octanol–water partition coefficient (Wildman–Crippen LogP) is 4.44. The Labute approximate surface area is 208 Å². The molecule has 1 aromatic carbocycles. The summed E-state index contributed by atoms with van der Waals surface area (Å²) in [5.74, 6) is -2.69. The summed E-state index contributed by atoms with van der Waals surface area (Å²) in [6, 6.07) is 7.10. The third-order valence-electron chi connectivity index (χ3n) is 5.75. The van der Waals surface area contributed by atoms with Gasteiger partial charge >= 0.3 is 0 Å². The molecule has 4 rings (SSSR count). The van der Waals surface area contributed by atoms with Gasteiger partial charge in [0.15, 0.2) is 11.6 Å². The zero-order valence-corrected chi connectivity index (χ0v) is 20.6. The molecule has 2 aromatic heterocycles. The number of sulfonamides is 1. The van der Waals surface area contributed by atoms with Crippen LogP contribution < -0.4 is 20.5 Å². The van der Waals surface area contributed by atoms with E-state index in [1.807, 2.05) is 0 Å². The largest absolute Gasteiger partial charge is 0.432 e. The zero-order chi connectivity index (χ0) is 25.7. The fourth-order valence-corrected chi connectivity index (χ4v) is 5.12. The Balaban J connectivity index is 1.56. The minimum Gasteiger partial charge on any atom is -0.432 e. The second-order valence-corrected chi connectivity index (χ2v) is 10.5. The molecule has 0 unspecified atom stereocenters. The summed E-state index contributed by atoms with van der Waals surface area (Å²) in [6.07, 6.45) is 7.04. The van der Waals surface area contributed by atoms with Gasteiger partial charge in [-0.05, 0) is 50.3 Å². The van der Waals surface area contributed by atoms with Crippen molar-refractivity contribution in [1.82, 2.24) is 15.0 Å². The van der Waals surface area contributed by atoms with Crippen molar-refractivity contribution in [3.05, 3.63) is 54.4 Å². The molecule has 3 aromatic rings. The van der Waals surface area contributed by atoms with E-state index in [0.717, 1.165) is 37.8 Å².